The molecule has 1 heterocycles. The van der Waals surface area contributed by atoms with Gasteiger partial charge in [0.05, 0.1) is 10.6 Å². The van der Waals surface area contributed by atoms with Crippen LogP contribution in [0.4, 0.5) is 10.1 Å². The molecule has 0 bridgehead atoms. The van der Waals surface area contributed by atoms with Crippen molar-refractivity contribution in [2.75, 3.05) is 5.32 Å². The second kappa shape index (κ2) is 5.69. The van der Waals surface area contributed by atoms with Crippen molar-refractivity contribution in [3.05, 3.63) is 51.2 Å². The predicted octanol–water partition coefficient (Wildman–Crippen LogP) is 3.83. The molecule has 0 unspecified atom stereocenters. The summed E-state index contributed by atoms with van der Waals surface area (Å²) < 4.78 is 13.0. The molecule has 4 nitrogen and oxygen atoms in total. The second-order valence-electron chi connectivity index (χ2n) is 3.43. The Bertz CT molecular complexity index is 651. The lowest BCUT2D eigenvalue weighted by atomic mass is 10.2. The van der Waals surface area contributed by atoms with Crippen LogP contribution in [0.3, 0.4) is 0 Å². The number of hydrogen-bond acceptors (Lipinski definition) is 3. The first-order chi connectivity index (χ1) is 8.97. The number of carbonyl (C=O) groups excluding carboxylic acids is 1. The largest absolute Gasteiger partial charge is 0.322 e. The molecule has 2 aromatic rings. The fourth-order valence-corrected chi connectivity index (χ4v) is 1.84. The Balaban J connectivity index is 2.23. The van der Waals surface area contributed by atoms with Crippen LogP contribution in [0.2, 0.25) is 15.5 Å². The number of rotatable bonds is 2. The first-order valence-electron chi connectivity index (χ1n) is 4.92. The van der Waals surface area contributed by atoms with Gasteiger partial charge in [0, 0.05) is 11.9 Å². The summed E-state index contributed by atoms with van der Waals surface area (Å²) in [4.78, 5) is 19.2. The molecule has 0 saturated heterocycles. The van der Waals surface area contributed by atoms with Gasteiger partial charge in [0.25, 0.3) is 5.91 Å². The summed E-state index contributed by atoms with van der Waals surface area (Å²) in [5.74, 6) is -1.13. The standard InChI is InChI=1S/C11H5Cl3FN3O/c12-7-3-5(1-2-8(7)15)17-10(19)6-4-16-11(14)18-9(6)13/h1-4H,(H,17,19). The van der Waals surface area contributed by atoms with E-state index in [0.717, 1.165) is 6.07 Å². The van der Waals surface area contributed by atoms with Crippen LogP contribution in [0.1, 0.15) is 10.4 Å². The first-order valence-corrected chi connectivity index (χ1v) is 6.05. The molecular weight excluding hydrogens is 315 g/mol. The maximum atomic E-state index is 13.0. The van der Waals surface area contributed by atoms with Crippen LogP contribution in [-0.2, 0) is 0 Å². The minimum Gasteiger partial charge on any atom is -0.322 e. The van der Waals surface area contributed by atoms with E-state index in [9.17, 15) is 9.18 Å². The van der Waals surface area contributed by atoms with Gasteiger partial charge in [-0.2, -0.15) is 0 Å². The minimum atomic E-state index is -0.576. The molecule has 0 spiro atoms. The lowest BCUT2D eigenvalue weighted by Crippen LogP contribution is -2.13. The zero-order chi connectivity index (χ0) is 14.0. The van der Waals surface area contributed by atoms with E-state index < -0.39 is 11.7 Å². The summed E-state index contributed by atoms with van der Waals surface area (Å²) in [6, 6.07) is 3.78. The summed E-state index contributed by atoms with van der Waals surface area (Å²) in [7, 11) is 0. The zero-order valence-corrected chi connectivity index (χ0v) is 11.4. The van der Waals surface area contributed by atoms with Crippen molar-refractivity contribution in [1.82, 2.24) is 9.97 Å². The van der Waals surface area contributed by atoms with Crippen LogP contribution < -0.4 is 5.32 Å². The molecule has 1 N–H and O–H groups in total. The SMILES string of the molecule is O=C(Nc1ccc(F)c(Cl)c1)c1cnc(Cl)nc1Cl. The molecule has 2 rings (SSSR count). The smallest absolute Gasteiger partial charge is 0.260 e. The van der Waals surface area contributed by atoms with Gasteiger partial charge < -0.3 is 5.32 Å². The normalized spacial score (nSPS) is 10.3. The van der Waals surface area contributed by atoms with Crippen LogP contribution in [-0.4, -0.2) is 15.9 Å². The fourth-order valence-electron chi connectivity index (χ4n) is 1.27. The zero-order valence-electron chi connectivity index (χ0n) is 9.12. The van der Waals surface area contributed by atoms with E-state index in [-0.39, 0.29) is 21.0 Å². The predicted molar refractivity (Wildman–Crippen MR) is 71.4 cm³/mol. The maximum absolute atomic E-state index is 13.0. The fraction of sp³-hybridized carbons (Fsp3) is 0. The molecule has 0 radical (unpaired) electrons. The highest BCUT2D eigenvalue weighted by molar-refractivity contribution is 6.34. The monoisotopic (exact) mass is 319 g/mol. The molecule has 1 aromatic heterocycles. The number of hydrogen-bond donors (Lipinski definition) is 1. The Kier molecular flexibility index (Phi) is 4.19. The number of amides is 1. The average molecular weight is 321 g/mol. The number of benzene rings is 1. The van der Waals surface area contributed by atoms with E-state index in [1.807, 2.05) is 0 Å². The van der Waals surface area contributed by atoms with E-state index in [0.29, 0.717) is 5.69 Å². The number of halogens is 4. The Morgan fingerprint density at radius 3 is 2.63 bits per heavy atom. The third kappa shape index (κ3) is 3.32. The number of anilines is 1. The van der Waals surface area contributed by atoms with E-state index in [1.54, 1.807) is 0 Å². The van der Waals surface area contributed by atoms with Gasteiger partial charge in [0.1, 0.15) is 11.0 Å². The van der Waals surface area contributed by atoms with Crippen LogP contribution >= 0.6 is 34.8 Å². The van der Waals surface area contributed by atoms with E-state index in [1.165, 1.54) is 18.3 Å². The third-order valence-corrected chi connectivity index (χ3v) is 2.89. The number of nitrogens with one attached hydrogen (secondary N) is 1. The molecule has 0 aliphatic heterocycles. The summed E-state index contributed by atoms with van der Waals surface area (Å²) in [5.41, 5.74) is 0.369. The van der Waals surface area contributed by atoms with E-state index >= 15 is 0 Å². The van der Waals surface area contributed by atoms with Gasteiger partial charge in [0.2, 0.25) is 5.28 Å². The van der Waals surface area contributed by atoms with E-state index in [4.69, 9.17) is 34.8 Å². The average Bonchev–Trinajstić information content (AvgIpc) is 2.33. The highest BCUT2D eigenvalue weighted by Gasteiger charge is 2.13. The molecule has 19 heavy (non-hydrogen) atoms. The topological polar surface area (TPSA) is 54.9 Å². The van der Waals surface area contributed by atoms with Gasteiger partial charge in [-0.25, -0.2) is 14.4 Å². The number of aromatic nitrogens is 2. The summed E-state index contributed by atoms with van der Waals surface area (Å²) in [5, 5.41) is 2.25. The third-order valence-electron chi connectivity index (χ3n) is 2.13. The minimum absolute atomic E-state index is 0.0477. The number of carbonyl (C=O) groups is 1. The van der Waals surface area contributed by atoms with Crippen molar-refractivity contribution in [1.29, 1.82) is 0 Å². The van der Waals surface area contributed by atoms with Crippen LogP contribution in [0.5, 0.6) is 0 Å². The Labute approximate surface area is 122 Å². The van der Waals surface area contributed by atoms with Gasteiger partial charge in [0.15, 0.2) is 0 Å². The highest BCUT2D eigenvalue weighted by atomic mass is 35.5. The molecule has 98 valence electrons. The Morgan fingerprint density at radius 2 is 2.00 bits per heavy atom. The number of nitrogens with zero attached hydrogens (tertiary/aromatic N) is 2. The Morgan fingerprint density at radius 1 is 1.26 bits per heavy atom. The molecule has 0 fully saturated rings. The van der Waals surface area contributed by atoms with Crippen LogP contribution in [0, 0.1) is 5.82 Å². The first kappa shape index (κ1) is 14.0. The van der Waals surface area contributed by atoms with Crippen molar-refractivity contribution < 1.29 is 9.18 Å². The van der Waals surface area contributed by atoms with Crippen LogP contribution in [0.15, 0.2) is 24.4 Å². The van der Waals surface area contributed by atoms with Gasteiger partial charge in [-0.05, 0) is 29.8 Å². The highest BCUT2D eigenvalue weighted by Crippen LogP contribution is 2.21. The summed E-state index contributed by atoms with van der Waals surface area (Å²) in [6.07, 6.45) is 1.19. The van der Waals surface area contributed by atoms with Crippen molar-refractivity contribution >= 4 is 46.4 Å². The molecule has 8 heteroatoms. The quantitative estimate of drug-likeness (QED) is 0.676. The van der Waals surface area contributed by atoms with Crippen molar-refractivity contribution in [3.8, 4) is 0 Å². The molecule has 0 aliphatic rings. The van der Waals surface area contributed by atoms with Crippen molar-refractivity contribution in [2.24, 2.45) is 0 Å². The van der Waals surface area contributed by atoms with Gasteiger partial charge >= 0.3 is 0 Å². The van der Waals surface area contributed by atoms with E-state index in [2.05, 4.69) is 15.3 Å². The summed E-state index contributed by atoms with van der Waals surface area (Å²) >= 11 is 16.9. The lowest BCUT2D eigenvalue weighted by Gasteiger charge is -2.06. The van der Waals surface area contributed by atoms with Crippen molar-refractivity contribution in [3.63, 3.8) is 0 Å². The lowest BCUT2D eigenvalue weighted by molar-refractivity contribution is 0.102. The summed E-state index contributed by atoms with van der Waals surface area (Å²) in [6.45, 7) is 0. The molecule has 1 aromatic carbocycles. The Hall–Kier alpha value is -1.43. The molecular formula is C11H5Cl3FN3O. The molecule has 1 amide bonds. The molecule has 0 atom stereocenters. The molecule has 0 saturated carbocycles. The second-order valence-corrected chi connectivity index (χ2v) is 4.53. The van der Waals surface area contributed by atoms with Gasteiger partial charge in [-0.3, -0.25) is 4.79 Å². The molecule has 0 aliphatic carbocycles. The van der Waals surface area contributed by atoms with Crippen molar-refractivity contribution in [2.45, 2.75) is 0 Å². The van der Waals surface area contributed by atoms with Gasteiger partial charge in [-0.1, -0.05) is 23.2 Å². The maximum Gasteiger partial charge on any atom is 0.260 e. The van der Waals surface area contributed by atoms with Gasteiger partial charge in [-0.15, -0.1) is 0 Å². The van der Waals surface area contributed by atoms with Crippen LogP contribution in [0.25, 0.3) is 0 Å².